The summed E-state index contributed by atoms with van der Waals surface area (Å²) in [7, 11) is 0. The lowest BCUT2D eigenvalue weighted by Gasteiger charge is -2.04. The maximum Gasteiger partial charge on any atom is 0.291 e. The summed E-state index contributed by atoms with van der Waals surface area (Å²) in [6.45, 7) is 0. The van der Waals surface area contributed by atoms with Crippen molar-refractivity contribution in [1.82, 2.24) is 0 Å². The Kier molecular flexibility index (Phi) is 3.46. The number of nitrogens with one attached hydrogen (secondary N) is 1. The van der Waals surface area contributed by atoms with Crippen LogP contribution in [0, 0.1) is 0 Å². The van der Waals surface area contributed by atoms with Crippen LogP contribution in [0.5, 0.6) is 0 Å². The molecule has 0 spiro atoms. The maximum atomic E-state index is 11.7. The lowest BCUT2D eigenvalue weighted by atomic mass is 10.3. The van der Waals surface area contributed by atoms with E-state index in [9.17, 15) is 4.79 Å². The van der Waals surface area contributed by atoms with Gasteiger partial charge < -0.3 is 9.73 Å². The van der Waals surface area contributed by atoms with Crippen molar-refractivity contribution < 1.29 is 9.21 Å². The standard InChI is InChI=1S/C11H7Br2NO2/c12-7-3-1-2-4-8(7)14-11(15)9-5-6-10(13)16-9/h1-6H,(H,14,15). The van der Waals surface area contributed by atoms with E-state index >= 15 is 0 Å². The van der Waals surface area contributed by atoms with Crippen LogP contribution < -0.4 is 5.32 Å². The summed E-state index contributed by atoms with van der Waals surface area (Å²) in [6, 6.07) is 10.7. The maximum absolute atomic E-state index is 11.7. The van der Waals surface area contributed by atoms with Gasteiger partial charge in [-0.3, -0.25) is 4.79 Å². The SMILES string of the molecule is O=C(Nc1ccccc1Br)c1ccc(Br)o1. The van der Waals surface area contributed by atoms with Crippen LogP contribution in [0.15, 0.2) is 50.0 Å². The molecule has 82 valence electrons. The second kappa shape index (κ2) is 4.84. The number of hydrogen-bond donors (Lipinski definition) is 1. The number of anilines is 1. The van der Waals surface area contributed by atoms with Crippen molar-refractivity contribution in [3.8, 4) is 0 Å². The number of carbonyl (C=O) groups is 1. The van der Waals surface area contributed by atoms with E-state index in [1.807, 2.05) is 18.2 Å². The molecule has 1 aromatic carbocycles. The molecular weight excluding hydrogens is 338 g/mol. The van der Waals surface area contributed by atoms with E-state index in [0.29, 0.717) is 10.4 Å². The first-order valence-electron chi connectivity index (χ1n) is 4.48. The second-order valence-electron chi connectivity index (χ2n) is 3.04. The predicted molar refractivity (Wildman–Crippen MR) is 68.5 cm³/mol. The molecule has 1 aromatic heterocycles. The van der Waals surface area contributed by atoms with Crippen molar-refractivity contribution in [2.75, 3.05) is 5.32 Å². The topological polar surface area (TPSA) is 42.2 Å². The number of furan rings is 1. The number of para-hydroxylation sites is 1. The third kappa shape index (κ3) is 2.54. The van der Waals surface area contributed by atoms with Crippen LogP contribution in [-0.4, -0.2) is 5.91 Å². The summed E-state index contributed by atoms with van der Waals surface area (Å²) < 4.78 is 6.51. The van der Waals surface area contributed by atoms with Crippen LogP contribution in [0.4, 0.5) is 5.69 Å². The van der Waals surface area contributed by atoms with Gasteiger partial charge in [-0.15, -0.1) is 0 Å². The first-order valence-corrected chi connectivity index (χ1v) is 6.06. The van der Waals surface area contributed by atoms with Gasteiger partial charge in [0.1, 0.15) is 0 Å². The molecule has 16 heavy (non-hydrogen) atoms. The van der Waals surface area contributed by atoms with E-state index in [2.05, 4.69) is 37.2 Å². The fourth-order valence-electron chi connectivity index (χ4n) is 1.18. The molecule has 0 aliphatic heterocycles. The molecular formula is C11H7Br2NO2. The van der Waals surface area contributed by atoms with E-state index in [1.165, 1.54) is 0 Å². The van der Waals surface area contributed by atoms with Gasteiger partial charge in [-0.2, -0.15) is 0 Å². The van der Waals surface area contributed by atoms with Gasteiger partial charge >= 0.3 is 0 Å². The Hall–Kier alpha value is -1.07. The molecule has 0 atom stereocenters. The third-order valence-corrected chi connectivity index (χ3v) is 3.04. The Morgan fingerprint density at radius 3 is 2.50 bits per heavy atom. The molecule has 3 nitrogen and oxygen atoms in total. The summed E-state index contributed by atoms with van der Waals surface area (Å²) >= 11 is 6.49. The molecule has 2 aromatic rings. The molecule has 0 saturated carbocycles. The van der Waals surface area contributed by atoms with Crippen molar-refractivity contribution in [2.24, 2.45) is 0 Å². The first-order chi connectivity index (χ1) is 7.66. The number of halogens is 2. The molecule has 0 fully saturated rings. The summed E-state index contributed by atoms with van der Waals surface area (Å²) in [5.41, 5.74) is 0.708. The van der Waals surface area contributed by atoms with Gasteiger partial charge in [0.15, 0.2) is 10.4 Å². The molecule has 1 N–H and O–H groups in total. The molecule has 0 unspecified atom stereocenters. The number of benzene rings is 1. The Morgan fingerprint density at radius 2 is 1.88 bits per heavy atom. The molecule has 0 bridgehead atoms. The number of rotatable bonds is 2. The first kappa shape index (κ1) is 11.4. The average molecular weight is 345 g/mol. The van der Waals surface area contributed by atoms with Crippen LogP contribution in [0.25, 0.3) is 0 Å². The zero-order chi connectivity index (χ0) is 11.5. The molecule has 2 rings (SSSR count). The molecule has 0 aliphatic carbocycles. The van der Waals surface area contributed by atoms with Crippen molar-refractivity contribution in [3.05, 3.63) is 51.3 Å². The van der Waals surface area contributed by atoms with Gasteiger partial charge in [-0.1, -0.05) is 12.1 Å². The van der Waals surface area contributed by atoms with E-state index in [4.69, 9.17) is 4.42 Å². The predicted octanol–water partition coefficient (Wildman–Crippen LogP) is 4.06. The third-order valence-electron chi connectivity index (χ3n) is 1.92. The van der Waals surface area contributed by atoms with Crippen LogP contribution in [-0.2, 0) is 0 Å². The van der Waals surface area contributed by atoms with Crippen molar-refractivity contribution >= 4 is 43.5 Å². The van der Waals surface area contributed by atoms with Crippen LogP contribution in [0.1, 0.15) is 10.6 Å². The van der Waals surface area contributed by atoms with Gasteiger partial charge in [0.2, 0.25) is 0 Å². The summed E-state index contributed by atoms with van der Waals surface area (Å²) in [5, 5.41) is 2.74. The Labute approximate surface area is 109 Å². The van der Waals surface area contributed by atoms with E-state index in [0.717, 1.165) is 4.47 Å². The molecule has 1 heterocycles. The summed E-state index contributed by atoms with van der Waals surface area (Å²) in [6.07, 6.45) is 0. The van der Waals surface area contributed by atoms with Crippen molar-refractivity contribution in [2.45, 2.75) is 0 Å². The average Bonchev–Trinajstić information content (AvgIpc) is 2.68. The monoisotopic (exact) mass is 343 g/mol. The highest BCUT2D eigenvalue weighted by Gasteiger charge is 2.11. The van der Waals surface area contributed by atoms with Crippen LogP contribution in [0.3, 0.4) is 0 Å². The van der Waals surface area contributed by atoms with Gasteiger partial charge in [0.05, 0.1) is 5.69 Å². The fraction of sp³-hybridized carbons (Fsp3) is 0. The smallest absolute Gasteiger partial charge is 0.291 e. The molecule has 5 heteroatoms. The minimum absolute atomic E-state index is 0.266. The highest BCUT2D eigenvalue weighted by molar-refractivity contribution is 9.10. The van der Waals surface area contributed by atoms with Gasteiger partial charge in [-0.05, 0) is 56.1 Å². The highest BCUT2D eigenvalue weighted by atomic mass is 79.9. The number of carbonyl (C=O) groups excluding carboxylic acids is 1. The van der Waals surface area contributed by atoms with E-state index in [1.54, 1.807) is 18.2 Å². The Bertz CT molecular complexity index is 522. The number of amides is 1. The lowest BCUT2D eigenvalue weighted by Crippen LogP contribution is -2.11. The lowest BCUT2D eigenvalue weighted by molar-refractivity contribution is 0.0995. The quantitative estimate of drug-likeness (QED) is 0.892. The van der Waals surface area contributed by atoms with Gasteiger partial charge in [0, 0.05) is 4.47 Å². The summed E-state index contributed by atoms with van der Waals surface area (Å²) in [4.78, 5) is 11.7. The van der Waals surface area contributed by atoms with E-state index in [-0.39, 0.29) is 11.7 Å². The van der Waals surface area contributed by atoms with Crippen LogP contribution in [0.2, 0.25) is 0 Å². The minimum Gasteiger partial charge on any atom is -0.444 e. The fourth-order valence-corrected chi connectivity index (χ4v) is 1.87. The number of hydrogen-bond acceptors (Lipinski definition) is 2. The zero-order valence-corrected chi connectivity index (χ0v) is 11.2. The zero-order valence-electron chi connectivity index (χ0n) is 8.04. The molecule has 1 amide bonds. The van der Waals surface area contributed by atoms with Crippen molar-refractivity contribution in [3.63, 3.8) is 0 Å². The highest BCUT2D eigenvalue weighted by Crippen LogP contribution is 2.22. The minimum atomic E-state index is -0.280. The molecule has 0 saturated heterocycles. The van der Waals surface area contributed by atoms with E-state index < -0.39 is 0 Å². The largest absolute Gasteiger partial charge is 0.444 e. The van der Waals surface area contributed by atoms with Crippen molar-refractivity contribution in [1.29, 1.82) is 0 Å². The Balaban J connectivity index is 2.17. The summed E-state index contributed by atoms with van der Waals surface area (Å²) in [5.74, 6) is -0.0137. The van der Waals surface area contributed by atoms with Gasteiger partial charge in [-0.25, -0.2) is 0 Å². The second-order valence-corrected chi connectivity index (χ2v) is 4.67. The normalized spacial score (nSPS) is 10.1. The molecule has 0 aliphatic rings. The Morgan fingerprint density at radius 1 is 1.12 bits per heavy atom. The van der Waals surface area contributed by atoms with Crippen LogP contribution >= 0.6 is 31.9 Å². The molecule has 0 radical (unpaired) electrons. The van der Waals surface area contributed by atoms with Gasteiger partial charge in [0.25, 0.3) is 5.91 Å².